The van der Waals surface area contributed by atoms with Gasteiger partial charge in [0.1, 0.15) is 0 Å². The minimum absolute atomic E-state index is 0.0780. The van der Waals surface area contributed by atoms with Crippen LogP contribution < -0.4 is 5.32 Å². The van der Waals surface area contributed by atoms with Gasteiger partial charge in [0.15, 0.2) is 0 Å². The number of hydrogen-bond acceptors (Lipinski definition) is 3. The third-order valence-electron chi connectivity index (χ3n) is 2.89. The zero-order valence-electron chi connectivity index (χ0n) is 10.7. The molecule has 1 heterocycles. The Kier molecular flexibility index (Phi) is 4.96. The van der Waals surface area contributed by atoms with Crippen LogP contribution in [0.3, 0.4) is 0 Å². The van der Waals surface area contributed by atoms with E-state index in [1.807, 2.05) is 0 Å². The van der Waals surface area contributed by atoms with E-state index in [0.29, 0.717) is 5.92 Å². The number of thiophene rings is 1. The van der Waals surface area contributed by atoms with E-state index in [0.717, 1.165) is 13.1 Å². The Balaban J connectivity index is 2.36. The molecule has 0 fully saturated rings. The summed E-state index contributed by atoms with van der Waals surface area (Å²) in [7, 11) is 0. The van der Waals surface area contributed by atoms with Gasteiger partial charge in [-0.25, -0.2) is 0 Å². The van der Waals surface area contributed by atoms with Gasteiger partial charge in [-0.05, 0) is 17.4 Å². The summed E-state index contributed by atoms with van der Waals surface area (Å²) in [5.41, 5.74) is -0.0780. The lowest BCUT2D eigenvalue weighted by Crippen LogP contribution is -2.41. The van der Waals surface area contributed by atoms with Gasteiger partial charge in [0, 0.05) is 23.4 Å². The second-order valence-electron chi connectivity index (χ2n) is 5.36. The minimum Gasteiger partial charge on any atom is -0.392 e. The molecule has 0 saturated carbocycles. The summed E-state index contributed by atoms with van der Waals surface area (Å²) >= 11 is 1.76. The molecular weight excluding hydrogens is 218 g/mol. The van der Waals surface area contributed by atoms with Crippen LogP contribution in [0.25, 0.3) is 0 Å². The van der Waals surface area contributed by atoms with Crippen molar-refractivity contribution >= 4 is 11.3 Å². The molecule has 1 atom stereocenters. The van der Waals surface area contributed by atoms with Gasteiger partial charge in [-0.3, -0.25) is 0 Å². The highest BCUT2D eigenvalue weighted by Gasteiger charge is 2.29. The van der Waals surface area contributed by atoms with E-state index in [1.165, 1.54) is 4.88 Å². The van der Waals surface area contributed by atoms with Crippen molar-refractivity contribution in [3.05, 3.63) is 22.4 Å². The molecule has 0 radical (unpaired) electrons. The summed E-state index contributed by atoms with van der Waals surface area (Å²) < 4.78 is 0. The van der Waals surface area contributed by atoms with E-state index in [9.17, 15) is 5.11 Å². The fourth-order valence-electron chi connectivity index (χ4n) is 1.93. The zero-order chi connectivity index (χ0) is 12.2. The fourth-order valence-corrected chi connectivity index (χ4v) is 2.60. The van der Waals surface area contributed by atoms with Crippen molar-refractivity contribution in [1.82, 2.24) is 5.32 Å². The molecule has 0 aromatic carbocycles. The Morgan fingerprint density at radius 3 is 2.62 bits per heavy atom. The quantitative estimate of drug-likeness (QED) is 0.802. The molecular formula is C13H23NOS. The number of aliphatic hydroxyl groups excluding tert-OH is 1. The molecule has 0 amide bonds. The summed E-state index contributed by atoms with van der Waals surface area (Å²) in [4.78, 5) is 1.34. The van der Waals surface area contributed by atoms with Crippen LogP contribution in [0.5, 0.6) is 0 Å². The molecule has 0 aliphatic rings. The predicted molar refractivity (Wildman–Crippen MR) is 70.7 cm³/mol. The van der Waals surface area contributed by atoms with Crippen LogP contribution in [-0.4, -0.2) is 17.8 Å². The second-order valence-corrected chi connectivity index (χ2v) is 6.39. The smallest absolute Gasteiger partial charge is 0.0626 e. The highest BCUT2D eigenvalue weighted by atomic mass is 32.1. The van der Waals surface area contributed by atoms with Gasteiger partial charge in [-0.1, -0.05) is 33.8 Å². The molecule has 0 aliphatic carbocycles. The normalized spacial score (nSPS) is 14.4. The van der Waals surface area contributed by atoms with Crippen molar-refractivity contribution in [2.75, 3.05) is 6.54 Å². The van der Waals surface area contributed by atoms with Crippen LogP contribution in [0.15, 0.2) is 17.5 Å². The summed E-state index contributed by atoms with van der Waals surface area (Å²) in [5.74, 6) is 0.304. The molecule has 1 rings (SSSR count). The van der Waals surface area contributed by atoms with Gasteiger partial charge in [-0.15, -0.1) is 11.3 Å². The minimum atomic E-state index is -0.261. The molecule has 3 heteroatoms. The summed E-state index contributed by atoms with van der Waals surface area (Å²) in [6.45, 7) is 10.1. The van der Waals surface area contributed by atoms with E-state index in [2.05, 4.69) is 50.5 Å². The van der Waals surface area contributed by atoms with Crippen LogP contribution in [0.4, 0.5) is 0 Å². The van der Waals surface area contributed by atoms with Crippen molar-refractivity contribution in [3.63, 3.8) is 0 Å². The maximum absolute atomic E-state index is 10.1. The van der Waals surface area contributed by atoms with Gasteiger partial charge < -0.3 is 10.4 Å². The molecule has 0 saturated heterocycles. The lowest BCUT2D eigenvalue weighted by molar-refractivity contribution is 0.0135. The van der Waals surface area contributed by atoms with Crippen molar-refractivity contribution in [2.24, 2.45) is 11.3 Å². The average Bonchev–Trinajstić information content (AvgIpc) is 2.69. The van der Waals surface area contributed by atoms with Crippen LogP contribution in [0.2, 0.25) is 0 Å². The Hall–Kier alpha value is -0.380. The third kappa shape index (κ3) is 3.89. The predicted octanol–water partition coefficient (Wildman–Crippen LogP) is 2.88. The molecule has 0 bridgehead atoms. The van der Waals surface area contributed by atoms with Crippen LogP contribution in [0.1, 0.15) is 32.6 Å². The standard InChI is InChI=1S/C13H23NOS/c1-10(2)12(15)13(3,4)9-14-8-11-6-5-7-16-11/h5-7,10,12,14-15H,8-9H2,1-4H3. The lowest BCUT2D eigenvalue weighted by atomic mass is 9.81. The Morgan fingerprint density at radius 1 is 1.44 bits per heavy atom. The Labute approximate surface area is 103 Å². The number of rotatable bonds is 6. The van der Waals surface area contributed by atoms with Gasteiger partial charge >= 0.3 is 0 Å². The van der Waals surface area contributed by atoms with Crippen molar-refractivity contribution in [2.45, 2.75) is 40.3 Å². The average molecular weight is 241 g/mol. The van der Waals surface area contributed by atoms with E-state index >= 15 is 0 Å². The number of hydrogen-bond donors (Lipinski definition) is 2. The largest absolute Gasteiger partial charge is 0.392 e. The molecule has 1 aromatic rings. The molecule has 16 heavy (non-hydrogen) atoms. The highest BCUT2D eigenvalue weighted by Crippen LogP contribution is 2.25. The molecule has 1 unspecified atom stereocenters. The van der Waals surface area contributed by atoms with Crippen LogP contribution in [0, 0.1) is 11.3 Å². The first-order chi connectivity index (χ1) is 7.43. The molecule has 92 valence electrons. The van der Waals surface area contributed by atoms with Gasteiger partial charge in [0.05, 0.1) is 6.10 Å². The SMILES string of the molecule is CC(C)C(O)C(C)(C)CNCc1cccs1. The van der Waals surface area contributed by atoms with Gasteiger partial charge in [0.2, 0.25) is 0 Å². The van der Waals surface area contributed by atoms with E-state index in [1.54, 1.807) is 11.3 Å². The van der Waals surface area contributed by atoms with Crippen molar-refractivity contribution in [3.8, 4) is 0 Å². The maximum atomic E-state index is 10.1. The Morgan fingerprint density at radius 2 is 2.12 bits per heavy atom. The molecule has 2 N–H and O–H groups in total. The molecule has 0 spiro atoms. The third-order valence-corrected chi connectivity index (χ3v) is 3.77. The molecule has 2 nitrogen and oxygen atoms in total. The molecule has 1 aromatic heterocycles. The van der Waals surface area contributed by atoms with E-state index < -0.39 is 0 Å². The van der Waals surface area contributed by atoms with Crippen molar-refractivity contribution in [1.29, 1.82) is 0 Å². The lowest BCUT2D eigenvalue weighted by Gasteiger charge is -2.33. The summed E-state index contributed by atoms with van der Waals surface area (Å²) in [5, 5.41) is 15.6. The Bertz CT molecular complexity index is 293. The zero-order valence-corrected chi connectivity index (χ0v) is 11.5. The van der Waals surface area contributed by atoms with E-state index in [4.69, 9.17) is 0 Å². The van der Waals surface area contributed by atoms with Crippen LogP contribution >= 0.6 is 11.3 Å². The van der Waals surface area contributed by atoms with Gasteiger partial charge in [0.25, 0.3) is 0 Å². The first-order valence-electron chi connectivity index (χ1n) is 5.84. The maximum Gasteiger partial charge on any atom is 0.0626 e. The fraction of sp³-hybridized carbons (Fsp3) is 0.692. The topological polar surface area (TPSA) is 32.3 Å². The van der Waals surface area contributed by atoms with Gasteiger partial charge in [-0.2, -0.15) is 0 Å². The first kappa shape index (κ1) is 13.7. The number of aliphatic hydroxyl groups is 1. The highest BCUT2D eigenvalue weighted by molar-refractivity contribution is 7.09. The monoisotopic (exact) mass is 241 g/mol. The summed E-state index contributed by atoms with van der Waals surface area (Å²) in [6.07, 6.45) is -0.261. The second kappa shape index (κ2) is 5.80. The molecule has 0 aliphatic heterocycles. The van der Waals surface area contributed by atoms with Crippen LogP contribution in [-0.2, 0) is 6.54 Å². The first-order valence-corrected chi connectivity index (χ1v) is 6.72. The summed E-state index contributed by atoms with van der Waals surface area (Å²) in [6, 6.07) is 4.19. The van der Waals surface area contributed by atoms with E-state index in [-0.39, 0.29) is 11.5 Å². The van der Waals surface area contributed by atoms with Crippen molar-refractivity contribution < 1.29 is 5.11 Å². The number of nitrogens with one attached hydrogen (secondary N) is 1.